The van der Waals surface area contributed by atoms with Crippen molar-refractivity contribution < 1.29 is 4.74 Å². The summed E-state index contributed by atoms with van der Waals surface area (Å²) in [6.45, 7) is 5.89. The molecule has 0 spiro atoms. The zero-order valence-corrected chi connectivity index (χ0v) is 13.1. The van der Waals surface area contributed by atoms with Crippen LogP contribution >= 0.6 is 0 Å². The first-order valence-corrected chi connectivity index (χ1v) is 7.73. The number of hydrogen-bond donors (Lipinski definition) is 1. The van der Waals surface area contributed by atoms with Crippen LogP contribution in [0.15, 0.2) is 24.3 Å². The Bertz CT molecular complexity index is 402. The number of nitrogens with one attached hydrogen (secondary N) is 1. The fourth-order valence-corrected chi connectivity index (χ4v) is 2.91. The number of benzene rings is 1. The van der Waals surface area contributed by atoms with Crippen LogP contribution in [0.4, 0.5) is 0 Å². The van der Waals surface area contributed by atoms with Crippen LogP contribution in [0.2, 0.25) is 0 Å². The molecule has 1 N–H and O–H groups in total. The van der Waals surface area contributed by atoms with Gasteiger partial charge in [0.1, 0.15) is 5.75 Å². The molecule has 0 radical (unpaired) electrons. The molecular formula is C17H28N2O. The number of rotatable bonds is 7. The Balaban J connectivity index is 1.81. The van der Waals surface area contributed by atoms with Gasteiger partial charge in [0.2, 0.25) is 0 Å². The molecule has 2 atom stereocenters. The van der Waals surface area contributed by atoms with Crippen molar-refractivity contribution in [3.05, 3.63) is 29.8 Å². The Labute approximate surface area is 123 Å². The SMILES string of the molecule is COc1ccccc1CC(C)N(C)CCC1CCNC1. The van der Waals surface area contributed by atoms with Crippen LogP contribution in [0, 0.1) is 5.92 Å². The highest BCUT2D eigenvalue weighted by atomic mass is 16.5. The van der Waals surface area contributed by atoms with E-state index in [-0.39, 0.29) is 0 Å². The van der Waals surface area contributed by atoms with E-state index in [1.807, 2.05) is 12.1 Å². The van der Waals surface area contributed by atoms with Gasteiger partial charge in [-0.2, -0.15) is 0 Å². The summed E-state index contributed by atoms with van der Waals surface area (Å²) < 4.78 is 5.44. The van der Waals surface area contributed by atoms with Gasteiger partial charge < -0.3 is 15.0 Å². The highest BCUT2D eigenvalue weighted by Crippen LogP contribution is 2.21. The van der Waals surface area contributed by atoms with Crippen molar-refractivity contribution in [2.45, 2.75) is 32.2 Å². The topological polar surface area (TPSA) is 24.5 Å². The van der Waals surface area contributed by atoms with Crippen molar-refractivity contribution >= 4 is 0 Å². The molecule has 0 aromatic heterocycles. The molecular weight excluding hydrogens is 248 g/mol. The molecule has 0 aliphatic carbocycles. The molecule has 1 aromatic carbocycles. The fourth-order valence-electron chi connectivity index (χ4n) is 2.91. The van der Waals surface area contributed by atoms with Crippen LogP contribution in [0.25, 0.3) is 0 Å². The third-order valence-corrected chi connectivity index (χ3v) is 4.51. The largest absolute Gasteiger partial charge is 0.496 e. The normalized spacial score (nSPS) is 20.3. The average molecular weight is 276 g/mol. The molecule has 1 aliphatic rings. The van der Waals surface area contributed by atoms with Gasteiger partial charge in [0.15, 0.2) is 0 Å². The van der Waals surface area contributed by atoms with Crippen LogP contribution in [-0.2, 0) is 6.42 Å². The monoisotopic (exact) mass is 276 g/mol. The van der Waals surface area contributed by atoms with E-state index in [0.717, 1.165) is 18.1 Å². The van der Waals surface area contributed by atoms with Gasteiger partial charge >= 0.3 is 0 Å². The summed E-state index contributed by atoms with van der Waals surface area (Å²) >= 11 is 0. The molecule has 3 nitrogen and oxygen atoms in total. The van der Waals surface area contributed by atoms with E-state index in [0.29, 0.717) is 6.04 Å². The number of nitrogens with zero attached hydrogens (tertiary/aromatic N) is 1. The Hall–Kier alpha value is -1.06. The Kier molecular flexibility index (Phi) is 5.86. The molecule has 1 saturated heterocycles. The zero-order chi connectivity index (χ0) is 14.4. The lowest BCUT2D eigenvalue weighted by atomic mass is 10.0. The molecule has 20 heavy (non-hydrogen) atoms. The van der Waals surface area contributed by atoms with Gasteiger partial charge in [-0.3, -0.25) is 0 Å². The van der Waals surface area contributed by atoms with Crippen LogP contribution in [-0.4, -0.2) is 44.7 Å². The van der Waals surface area contributed by atoms with Crippen LogP contribution in [0.1, 0.15) is 25.3 Å². The maximum Gasteiger partial charge on any atom is 0.122 e. The zero-order valence-electron chi connectivity index (χ0n) is 13.1. The van der Waals surface area contributed by atoms with Gasteiger partial charge in [0, 0.05) is 6.04 Å². The average Bonchev–Trinajstić information content (AvgIpc) is 2.98. The molecule has 112 valence electrons. The number of likely N-dealkylation sites (N-methyl/N-ethyl adjacent to an activating group) is 1. The molecule has 1 aliphatic heterocycles. The number of methoxy groups -OCH3 is 1. The summed E-state index contributed by atoms with van der Waals surface area (Å²) in [5, 5.41) is 3.45. The van der Waals surface area contributed by atoms with Crippen molar-refractivity contribution in [1.29, 1.82) is 0 Å². The van der Waals surface area contributed by atoms with Crippen LogP contribution in [0.5, 0.6) is 5.75 Å². The minimum atomic E-state index is 0.542. The maximum absolute atomic E-state index is 5.44. The second-order valence-electron chi connectivity index (χ2n) is 5.99. The van der Waals surface area contributed by atoms with Gasteiger partial charge in [-0.1, -0.05) is 18.2 Å². The molecule has 0 saturated carbocycles. The fraction of sp³-hybridized carbons (Fsp3) is 0.647. The van der Waals surface area contributed by atoms with E-state index in [1.54, 1.807) is 7.11 Å². The second kappa shape index (κ2) is 7.65. The minimum Gasteiger partial charge on any atom is -0.496 e. The lowest BCUT2D eigenvalue weighted by Crippen LogP contribution is -2.33. The van der Waals surface area contributed by atoms with E-state index in [4.69, 9.17) is 4.74 Å². The highest BCUT2D eigenvalue weighted by Gasteiger charge is 2.17. The quantitative estimate of drug-likeness (QED) is 0.828. The van der Waals surface area contributed by atoms with E-state index in [1.165, 1.54) is 38.0 Å². The minimum absolute atomic E-state index is 0.542. The van der Waals surface area contributed by atoms with E-state index >= 15 is 0 Å². The molecule has 2 rings (SSSR count). The van der Waals surface area contributed by atoms with Crippen molar-refractivity contribution in [1.82, 2.24) is 10.2 Å². The van der Waals surface area contributed by atoms with Crippen molar-refractivity contribution in [2.75, 3.05) is 33.8 Å². The van der Waals surface area contributed by atoms with Gasteiger partial charge in [-0.25, -0.2) is 0 Å². The van der Waals surface area contributed by atoms with Gasteiger partial charge in [0.25, 0.3) is 0 Å². The van der Waals surface area contributed by atoms with Crippen LogP contribution in [0.3, 0.4) is 0 Å². The van der Waals surface area contributed by atoms with Gasteiger partial charge in [-0.15, -0.1) is 0 Å². The van der Waals surface area contributed by atoms with E-state index in [9.17, 15) is 0 Å². The van der Waals surface area contributed by atoms with Crippen molar-refractivity contribution in [3.8, 4) is 5.75 Å². The molecule has 2 unspecified atom stereocenters. The molecule has 1 aromatic rings. The number of para-hydroxylation sites is 1. The molecule has 1 heterocycles. The first-order chi connectivity index (χ1) is 9.70. The predicted octanol–water partition coefficient (Wildman–Crippen LogP) is 2.56. The van der Waals surface area contributed by atoms with Gasteiger partial charge in [0.05, 0.1) is 7.11 Å². The van der Waals surface area contributed by atoms with Crippen LogP contribution < -0.4 is 10.1 Å². The predicted molar refractivity (Wildman–Crippen MR) is 84.4 cm³/mol. The first-order valence-electron chi connectivity index (χ1n) is 7.73. The number of hydrogen-bond acceptors (Lipinski definition) is 3. The third kappa shape index (κ3) is 4.22. The van der Waals surface area contributed by atoms with E-state index in [2.05, 4.69) is 36.3 Å². The van der Waals surface area contributed by atoms with Crippen molar-refractivity contribution in [2.24, 2.45) is 5.92 Å². The lowest BCUT2D eigenvalue weighted by molar-refractivity contribution is 0.237. The summed E-state index contributed by atoms with van der Waals surface area (Å²) in [5.74, 6) is 1.88. The standard InChI is InChI=1S/C17H28N2O/c1-14(12-16-6-4-5-7-17(16)20-3)19(2)11-9-15-8-10-18-13-15/h4-7,14-15,18H,8-13H2,1-3H3. The molecule has 1 fully saturated rings. The molecule has 0 amide bonds. The second-order valence-corrected chi connectivity index (χ2v) is 5.99. The summed E-state index contributed by atoms with van der Waals surface area (Å²) in [4.78, 5) is 2.48. The first kappa shape index (κ1) is 15.3. The molecule has 3 heteroatoms. The Morgan fingerprint density at radius 1 is 1.40 bits per heavy atom. The van der Waals surface area contributed by atoms with E-state index < -0.39 is 0 Å². The number of ether oxygens (including phenoxy) is 1. The third-order valence-electron chi connectivity index (χ3n) is 4.51. The summed E-state index contributed by atoms with van der Waals surface area (Å²) in [5.41, 5.74) is 1.30. The highest BCUT2D eigenvalue weighted by molar-refractivity contribution is 5.33. The van der Waals surface area contributed by atoms with Gasteiger partial charge in [-0.05, 0) is 70.4 Å². The maximum atomic E-state index is 5.44. The Morgan fingerprint density at radius 3 is 2.90 bits per heavy atom. The Morgan fingerprint density at radius 2 is 2.20 bits per heavy atom. The smallest absolute Gasteiger partial charge is 0.122 e. The molecule has 0 bridgehead atoms. The lowest BCUT2D eigenvalue weighted by Gasteiger charge is -2.26. The summed E-state index contributed by atoms with van der Waals surface area (Å²) in [6, 6.07) is 8.88. The summed E-state index contributed by atoms with van der Waals surface area (Å²) in [6.07, 6.45) is 3.69. The van der Waals surface area contributed by atoms with Crippen molar-refractivity contribution in [3.63, 3.8) is 0 Å². The summed E-state index contributed by atoms with van der Waals surface area (Å²) in [7, 11) is 3.99.